The molecule has 1 aliphatic rings. The molecule has 0 amide bonds. The number of hydrogen-bond acceptors (Lipinski definition) is 3. The van der Waals surface area contributed by atoms with Gasteiger partial charge in [-0.25, -0.2) is 0 Å². The largest absolute Gasteiger partial charge is 0.468 e. The smallest absolute Gasteiger partial charge is 0.322 e. The fraction of sp³-hybridized carbons (Fsp3) is 0.364. The summed E-state index contributed by atoms with van der Waals surface area (Å²) in [6.45, 7) is 0. The third-order valence-electron chi connectivity index (χ3n) is 2.64. The van der Waals surface area contributed by atoms with Crippen LogP contribution in [0.5, 0.6) is 0 Å². The summed E-state index contributed by atoms with van der Waals surface area (Å²) in [5, 5.41) is 3.86. The molecule has 0 saturated carbocycles. The van der Waals surface area contributed by atoms with E-state index in [0.29, 0.717) is 0 Å². The van der Waals surface area contributed by atoms with Crippen molar-refractivity contribution in [1.82, 2.24) is 5.32 Å². The van der Waals surface area contributed by atoms with Crippen LogP contribution in [0.3, 0.4) is 0 Å². The zero-order valence-corrected chi connectivity index (χ0v) is 9.12. The number of nitrogens with one attached hydrogen (secondary N) is 1. The number of carbonyl (C=O) groups excluding carboxylic acids is 1. The molecule has 80 valence electrons. The Balaban J connectivity index is 2.00. The van der Waals surface area contributed by atoms with Gasteiger partial charge in [-0.3, -0.25) is 10.1 Å². The SMILES string of the molecule is COC(=O)C1CC(c2ccccc2Cl)N1. The van der Waals surface area contributed by atoms with Crippen LogP contribution >= 0.6 is 11.6 Å². The van der Waals surface area contributed by atoms with Crippen LogP contribution in [0.2, 0.25) is 5.02 Å². The Hall–Kier alpha value is -1.06. The van der Waals surface area contributed by atoms with Gasteiger partial charge in [0, 0.05) is 11.1 Å². The van der Waals surface area contributed by atoms with Gasteiger partial charge in [0.2, 0.25) is 0 Å². The summed E-state index contributed by atoms with van der Waals surface area (Å²) < 4.78 is 4.63. The van der Waals surface area contributed by atoms with Crippen LogP contribution in [0.4, 0.5) is 0 Å². The number of esters is 1. The molecular formula is C11H12ClNO2. The first-order chi connectivity index (χ1) is 7.22. The summed E-state index contributed by atoms with van der Waals surface area (Å²) in [5.74, 6) is -0.210. The lowest BCUT2D eigenvalue weighted by Crippen LogP contribution is -2.51. The van der Waals surface area contributed by atoms with Crippen molar-refractivity contribution in [2.45, 2.75) is 18.5 Å². The summed E-state index contributed by atoms with van der Waals surface area (Å²) >= 11 is 6.04. The maximum atomic E-state index is 11.1. The van der Waals surface area contributed by atoms with E-state index in [1.165, 1.54) is 7.11 Å². The van der Waals surface area contributed by atoms with Gasteiger partial charge in [-0.05, 0) is 18.1 Å². The number of rotatable bonds is 2. The van der Waals surface area contributed by atoms with Crippen LogP contribution < -0.4 is 5.32 Å². The minimum Gasteiger partial charge on any atom is -0.468 e. The quantitative estimate of drug-likeness (QED) is 0.782. The van der Waals surface area contributed by atoms with Crippen LogP contribution in [-0.4, -0.2) is 19.1 Å². The van der Waals surface area contributed by atoms with Gasteiger partial charge in [-0.1, -0.05) is 29.8 Å². The maximum Gasteiger partial charge on any atom is 0.322 e. The molecule has 0 aromatic heterocycles. The van der Waals surface area contributed by atoms with Gasteiger partial charge < -0.3 is 4.74 Å². The summed E-state index contributed by atoms with van der Waals surface area (Å²) in [6, 6.07) is 7.63. The molecule has 15 heavy (non-hydrogen) atoms. The Morgan fingerprint density at radius 1 is 1.53 bits per heavy atom. The van der Waals surface area contributed by atoms with E-state index in [1.54, 1.807) is 0 Å². The third kappa shape index (κ3) is 1.98. The first-order valence-corrected chi connectivity index (χ1v) is 5.18. The topological polar surface area (TPSA) is 38.3 Å². The highest BCUT2D eigenvalue weighted by Crippen LogP contribution is 2.32. The molecule has 1 heterocycles. The van der Waals surface area contributed by atoms with Crippen molar-refractivity contribution in [1.29, 1.82) is 0 Å². The van der Waals surface area contributed by atoms with E-state index in [2.05, 4.69) is 10.1 Å². The summed E-state index contributed by atoms with van der Waals surface area (Å²) in [4.78, 5) is 11.1. The van der Waals surface area contributed by atoms with Crippen LogP contribution in [0.1, 0.15) is 18.0 Å². The molecule has 1 aromatic carbocycles. The zero-order chi connectivity index (χ0) is 10.8. The highest BCUT2D eigenvalue weighted by atomic mass is 35.5. The van der Waals surface area contributed by atoms with E-state index < -0.39 is 0 Å². The molecule has 0 spiro atoms. The van der Waals surface area contributed by atoms with E-state index in [-0.39, 0.29) is 18.1 Å². The van der Waals surface area contributed by atoms with Crippen LogP contribution in [0, 0.1) is 0 Å². The molecule has 2 rings (SSSR count). The Labute approximate surface area is 93.4 Å². The van der Waals surface area contributed by atoms with E-state index in [0.717, 1.165) is 17.0 Å². The minimum absolute atomic E-state index is 0.169. The highest BCUT2D eigenvalue weighted by Gasteiger charge is 2.35. The van der Waals surface area contributed by atoms with Crippen LogP contribution in [0.15, 0.2) is 24.3 Å². The Kier molecular flexibility index (Phi) is 2.93. The van der Waals surface area contributed by atoms with Crippen molar-refractivity contribution < 1.29 is 9.53 Å². The van der Waals surface area contributed by atoms with Gasteiger partial charge in [-0.15, -0.1) is 0 Å². The molecule has 2 atom stereocenters. The van der Waals surface area contributed by atoms with Crippen molar-refractivity contribution in [2.75, 3.05) is 7.11 Å². The lowest BCUT2D eigenvalue weighted by molar-refractivity contribution is -0.146. The average molecular weight is 226 g/mol. The molecule has 1 fully saturated rings. The van der Waals surface area contributed by atoms with Gasteiger partial charge >= 0.3 is 5.97 Å². The molecule has 1 saturated heterocycles. The van der Waals surface area contributed by atoms with Gasteiger partial charge in [0.1, 0.15) is 6.04 Å². The van der Waals surface area contributed by atoms with Crippen molar-refractivity contribution in [3.63, 3.8) is 0 Å². The average Bonchev–Trinajstić information content (AvgIpc) is 2.18. The molecule has 0 aliphatic carbocycles. The Bertz CT molecular complexity index is 375. The number of benzene rings is 1. The second-order valence-electron chi connectivity index (χ2n) is 3.55. The number of ether oxygens (including phenoxy) is 1. The fourth-order valence-electron chi connectivity index (χ4n) is 1.74. The number of halogens is 1. The van der Waals surface area contributed by atoms with E-state index in [9.17, 15) is 4.79 Å². The first kappa shape index (κ1) is 10.5. The van der Waals surface area contributed by atoms with Crippen molar-refractivity contribution in [3.8, 4) is 0 Å². The molecule has 3 nitrogen and oxygen atoms in total. The van der Waals surface area contributed by atoms with E-state index >= 15 is 0 Å². The summed E-state index contributed by atoms with van der Waals surface area (Å²) in [5.41, 5.74) is 1.04. The standard InChI is InChI=1S/C11H12ClNO2/c1-15-11(14)10-6-9(13-10)7-4-2-3-5-8(7)12/h2-5,9-10,13H,6H2,1H3. The van der Waals surface area contributed by atoms with Crippen LogP contribution in [-0.2, 0) is 9.53 Å². The van der Waals surface area contributed by atoms with E-state index in [4.69, 9.17) is 11.6 Å². The molecule has 1 aromatic rings. The van der Waals surface area contributed by atoms with Gasteiger partial charge in [0.15, 0.2) is 0 Å². The summed E-state index contributed by atoms with van der Waals surface area (Å²) in [6.07, 6.45) is 0.746. The normalized spacial score (nSPS) is 24.4. The van der Waals surface area contributed by atoms with Gasteiger partial charge in [0.25, 0.3) is 0 Å². The molecule has 2 unspecified atom stereocenters. The van der Waals surface area contributed by atoms with Gasteiger partial charge in [-0.2, -0.15) is 0 Å². The number of hydrogen-bond donors (Lipinski definition) is 1. The molecule has 1 aliphatic heterocycles. The second-order valence-corrected chi connectivity index (χ2v) is 3.96. The van der Waals surface area contributed by atoms with Crippen LogP contribution in [0.25, 0.3) is 0 Å². The lowest BCUT2D eigenvalue weighted by Gasteiger charge is -2.35. The fourth-order valence-corrected chi connectivity index (χ4v) is 2.00. The minimum atomic E-state index is -0.210. The van der Waals surface area contributed by atoms with E-state index in [1.807, 2.05) is 24.3 Å². The lowest BCUT2D eigenvalue weighted by atomic mass is 9.91. The number of carbonyl (C=O) groups is 1. The van der Waals surface area contributed by atoms with Crippen molar-refractivity contribution in [3.05, 3.63) is 34.9 Å². The molecule has 1 N–H and O–H groups in total. The second kappa shape index (κ2) is 4.21. The third-order valence-corrected chi connectivity index (χ3v) is 2.98. The number of methoxy groups -OCH3 is 1. The maximum absolute atomic E-state index is 11.1. The predicted molar refractivity (Wildman–Crippen MR) is 57.7 cm³/mol. The molecule has 0 radical (unpaired) electrons. The van der Waals surface area contributed by atoms with Crippen molar-refractivity contribution >= 4 is 17.6 Å². The summed E-state index contributed by atoms with van der Waals surface area (Å²) in [7, 11) is 1.40. The van der Waals surface area contributed by atoms with Gasteiger partial charge in [0.05, 0.1) is 7.11 Å². The zero-order valence-electron chi connectivity index (χ0n) is 8.37. The highest BCUT2D eigenvalue weighted by molar-refractivity contribution is 6.31. The first-order valence-electron chi connectivity index (χ1n) is 4.80. The molecule has 0 bridgehead atoms. The monoisotopic (exact) mass is 225 g/mol. The Morgan fingerprint density at radius 3 is 2.80 bits per heavy atom. The van der Waals surface area contributed by atoms with Crippen molar-refractivity contribution in [2.24, 2.45) is 0 Å². The Morgan fingerprint density at radius 2 is 2.20 bits per heavy atom. The molecule has 4 heteroatoms. The predicted octanol–water partition coefficient (Wildman–Crippen LogP) is 1.92. The molecular weight excluding hydrogens is 214 g/mol.